The third kappa shape index (κ3) is 3.42. The maximum atomic E-state index is 6.65. The van der Waals surface area contributed by atoms with Crippen LogP contribution in [-0.4, -0.2) is 0 Å². The highest BCUT2D eigenvalue weighted by atomic mass is 35.5. The van der Waals surface area contributed by atoms with E-state index in [9.17, 15) is 0 Å². The lowest BCUT2D eigenvalue weighted by Gasteiger charge is -2.18. The number of hydrogen-bond acceptors (Lipinski definition) is 2. The van der Waals surface area contributed by atoms with Gasteiger partial charge in [-0.05, 0) is 37.1 Å². The summed E-state index contributed by atoms with van der Waals surface area (Å²) in [6.45, 7) is 3.98. The van der Waals surface area contributed by atoms with Gasteiger partial charge in [0.2, 0.25) is 0 Å². The molecular formula is C24H18Cl2O2. The summed E-state index contributed by atoms with van der Waals surface area (Å²) in [5.74, 6) is 2.51. The molecule has 0 aliphatic carbocycles. The zero-order valence-corrected chi connectivity index (χ0v) is 17.0. The molecule has 28 heavy (non-hydrogen) atoms. The van der Waals surface area contributed by atoms with Crippen LogP contribution in [0.5, 0.6) is 23.0 Å². The Bertz CT molecular complexity index is 1080. The first-order valence-electron chi connectivity index (χ1n) is 8.93. The van der Waals surface area contributed by atoms with E-state index in [0.717, 1.165) is 33.4 Å². The number of halogens is 2. The van der Waals surface area contributed by atoms with Crippen LogP contribution in [0.2, 0.25) is 10.0 Å². The highest BCUT2D eigenvalue weighted by Crippen LogP contribution is 2.49. The van der Waals surface area contributed by atoms with Crippen LogP contribution < -0.4 is 9.47 Å². The summed E-state index contributed by atoms with van der Waals surface area (Å²) >= 11 is 13.3. The van der Waals surface area contributed by atoms with E-state index in [2.05, 4.69) is 0 Å². The summed E-state index contributed by atoms with van der Waals surface area (Å²) in [5, 5.41) is 2.33. The van der Waals surface area contributed by atoms with Gasteiger partial charge < -0.3 is 9.47 Å². The van der Waals surface area contributed by atoms with Crippen LogP contribution >= 0.6 is 23.2 Å². The van der Waals surface area contributed by atoms with Crippen LogP contribution in [0.3, 0.4) is 0 Å². The van der Waals surface area contributed by atoms with Gasteiger partial charge in [-0.3, -0.25) is 0 Å². The van der Waals surface area contributed by atoms with Gasteiger partial charge in [0.15, 0.2) is 11.5 Å². The summed E-state index contributed by atoms with van der Waals surface area (Å²) in [5.41, 5.74) is 2.03. The van der Waals surface area contributed by atoms with Crippen LogP contribution in [0.4, 0.5) is 0 Å². The number of fused-ring (bicyclic) bond motifs is 1. The number of benzene rings is 4. The molecule has 0 amide bonds. The van der Waals surface area contributed by atoms with E-state index in [1.165, 1.54) is 0 Å². The predicted molar refractivity (Wildman–Crippen MR) is 116 cm³/mol. The van der Waals surface area contributed by atoms with Gasteiger partial charge in [-0.1, -0.05) is 83.9 Å². The Kier molecular flexibility index (Phi) is 5.17. The third-order valence-corrected chi connectivity index (χ3v) is 5.44. The monoisotopic (exact) mass is 408 g/mol. The van der Waals surface area contributed by atoms with Crippen molar-refractivity contribution in [2.24, 2.45) is 0 Å². The Labute approximate surface area is 174 Å². The topological polar surface area (TPSA) is 18.5 Å². The lowest BCUT2D eigenvalue weighted by atomic mass is 10.1. The van der Waals surface area contributed by atoms with Crippen molar-refractivity contribution in [1.29, 1.82) is 0 Å². The molecule has 4 aromatic carbocycles. The number of para-hydroxylation sites is 2. The molecule has 0 heterocycles. The number of rotatable bonds is 4. The van der Waals surface area contributed by atoms with Crippen LogP contribution in [0.25, 0.3) is 10.8 Å². The maximum absolute atomic E-state index is 6.65. The Hall–Kier alpha value is -2.68. The van der Waals surface area contributed by atoms with Gasteiger partial charge in [-0.15, -0.1) is 0 Å². The van der Waals surface area contributed by atoms with Crippen molar-refractivity contribution in [1.82, 2.24) is 0 Å². The van der Waals surface area contributed by atoms with Gasteiger partial charge in [0, 0.05) is 10.8 Å². The van der Waals surface area contributed by atoms with Crippen LogP contribution in [0.15, 0.2) is 72.8 Å². The van der Waals surface area contributed by atoms with E-state index in [4.69, 9.17) is 32.7 Å². The second kappa shape index (κ2) is 7.75. The fourth-order valence-corrected chi connectivity index (χ4v) is 3.53. The van der Waals surface area contributed by atoms with Crippen molar-refractivity contribution in [3.05, 3.63) is 94.0 Å². The summed E-state index contributed by atoms with van der Waals surface area (Å²) in [6.07, 6.45) is 0. The maximum Gasteiger partial charge on any atom is 0.155 e. The average molecular weight is 409 g/mol. The van der Waals surface area contributed by atoms with Crippen molar-refractivity contribution in [2.45, 2.75) is 13.8 Å². The molecule has 4 aromatic rings. The highest BCUT2D eigenvalue weighted by Gasteiger charge is 2.21. The number of ether oxygens (including phenoxy) is 2. The average Bonchev–Trinajstić information content (AvgIpc) is 2.71. The number of hydrogen-bond donors (Lipinski definition) is 0. The Morgan fingerprint density at radius 3 is 1.29 bits per heavy atom. The molecule has 4 heteroatoms. The summed E-state index contributed by atoms with van der Waals surface area (Å²) in [6, 6.07) is 23.4. The van der Waals surface area contributed by atoms with Crippen molar-refractivity contribution >= 4 is 34.0 Å². The van der Waals surface area contributed by atoms with E-state index < -0.39 is 0 Å². The molecule has 2 nitrogen and oxygen atoms in total. The zero-order valence-electron chi connectivity index (χ0n) is 15.5. The zero-order chi connectivity index (χ0) is 19.7. The molecule has 0 atom stereocenters. The highest BCUT2D eigenvalue weighted by molar-refractivity contribution is 6.45. The van der Waals surface area contributed by atoms with Gasteiger partial charge in [0.1, 0.15) is 21.5 Å². The van der Waals surface area contributed by atoms with Crippen molar-refractivity contribution in [3.63, 3.8) is 0 Å². The van der Waals surface area contributed by atoms with E-state index >= 15 is 0 Å². The summed E-state index contributed by atoms with van der Waals surface area (Å²) < 4.78 is 12.4. The fourth-order valence-electron chi connectivity index (χ4n) is 3.08. The van der Waals surface area contributed by atoms with Crippen LogP contribution in [0.1, 0.15) is 11.1 Å². The molecule has 0 aromatic heterocycles. The first kappa shape index (κ1) is 18.7. The molecule has 0 fully saturated rings. The van der Waals surface area contributed by atoms with Crippen molar-refractivity contribution < 1.29 is 9.47 Å². The molecule has 0 saturated carbocycles. The van der Waals surface area contributed by atoms with Crippen LogP contribution in [-0.2, 0) is 0 Å². The second-order valence-corrected chi connectivity index (χ2v) is 7.32. The van der Waals surface area contributed by atoms with Gasteiger partial charge in [0.05, 0.1) is 0 Å². The first-order chi connectivity index (χ1) is 13.6. The smallest absolute Gasteiger partial charge is 0.155 e. The molecule has 0 bridgehead atoms. The largest absolute Gasteiger partial charge is 0.455 e. The predicted octanol–water partition coefficient (Wildman–Crippen LogP) is 8.35. The standard InChI is InChI=1S/C24H18Cl2O2/c1-15-9-3-7-13-19(15)27-23-17-11-5-6-12-18(17)24(22(26)21(23)25)28-20-14-8-4-10-16(20)2/h3-14H,1-2H3. The van der Waals surface area contributed by atoms with E-state index in [1.54, 1.807) is 0 Å². The minimum atomic E-state index is 0.326. The minimum absolute atomic E-state index is 0.326. The summed E-state index contributed by atoms with van der Waals surface area (Å²) in [7, 11) is 0. The molecule has 0 aliphatic rings. The molecule has 140 valence electrons. The molecule has 0 saturated heterocycles. The Morgan fingerprint density at radius 1 is 0.536 bits per heavy atom. The van der Waals surface area contributed by atoms with Crippen molar-refractivity contribution in [2.75, 3.05) is 0 Å². The van der Waals surface area contributed by atoms with E-state index in [-0.39, 0.29) is 0 Å². The minimum Gasteiger partial charge on any atom is -0.455 e. The second-order valence-electron chi connectivity index (χ2n) is 6.57. The van der Waals surface area contributed by atoms with Crippen molar-refractivity contribution in [3.8, 4) is 23.0 Å². The van der Waals surface area contributed by atoms with Gasteiger partial charge in [-0.25, -0.2) is 0 Å². The molecule has 0 spiro atoms. The third-order valence-electron chi connectivity index (χ3n) is 4.62. The number of aryl methyl sites for hydroxylation is 2. The molecule has 0 unspecified atom stereocenters. The van der Waals surface area contributed by atoms with Gasteiger partial charge in [-0.2, -0.15) is 0 Å². The van der Waals surface area contributed by atoms with Gasteiger partial charge in [0.25, 0.3) is 0 Å². The lowest BCUT2D eigenvalue weighted by molar-refractivity contribution is 0.474. The molecule has 4 rings (SSSR count). The van der Waals surface area contributed by atoms with E-state index in [0.29, 0.717) is 21.5 Å². The SMILES string of the molecule is Cc1ccccc1Oc1c(Cl)c(Cl)c(Oc2ccccc2C)c2ccccc12. The molecule has 0 N–H and O–H groups in total. The molecule has 0 radical (unpaired) electrons. The normalized spacial score (nSPS) is 10.9. The van der Waals surface area contributed by atoms with Crippen LogP contribution in [0, 0.1) is 13.8 Å². The lowest BCUT2D eigenvalue weighted by Crippen LogP contribution is -1.95. The molecule has 0 aliphatic heterocycles. The fraction of sp³-hybridized carbons (Fsp3) is 0.0833. The Morgan fingerprint density at radius 2 is 0.893 bits per heavy atom. The van der Waals surface area contributed by atoms with E-state index in [1.807, 2.05) is 86.6 Å². The first-order valence-corrected chi connectivity index (χ1v) is 9.68. The van der Waals surface area contributed by atoms with Gasteiger partial charge >= 0.3 is 0 Å². The molecular weight excluding hydrogens is 391 g/mol. The summed E-state index contributed by atoms with van der Waals surface area (Å²) in [4.78, 5) is 0. The Balaban J connectivity index is 1.89. The quantitative estimate of drug-likeness (QED) is 0.337.